The van der Waals surface area contributed by atoms with E-state index in [0.29, 0.717) is 0 Å². The summed E-state index contributed by atoms with van der Waals surface area (Å²) < 4.78 is 2.04. The molecule has 2 heteroatoms. The van der Waals surface area contributed by atoms with Crippen molar-refractivity contribution in [2.45, 2.75) is 0 Å². The highest BCUT2D eigenvalue weighted by atomic mass is 127. The fourth-order valence-electron chi connectivity index (χ4n) is 2.10. The summed E-state index contributed by atoms with van der Waals surface area (Å²) in [6, 6.07) is 14.8. The predicted molar refractivity (Wildman–Crippen MR) is 78.9 cm³/mol. The molecule has 1 aromatic heterocycles. The molecule has 1 nitrogen and oxygen atoms in total. The van der Waals surface area contributed by atoms with E-state index < -0.39 is 0 Å². The van der Waals surface area contributed by atoms with Crippen molar-refractivity contribution in [2.75, 3.05) is 0 Å². The van der Waals surface area contributed by atoms with Crippen molar-refractivity contribution < 1.29 is 0 Å². The topological polar surface area (TPSA) is 15.8 Å². The van der Waals surface area contributed by atoms with Gasteiger partial charge in [0.1, 0.15) is 0 Å². The van der Waals surface area contributed by atoms with Crippen LogP contribution in [0, 0.1) is 0 Å². The minimum absolute atomic E-state index is 1.20. The molecule has 2 aromatic carbocycles. The quantitative estimate of drug-likeness (QED) is 0.624. The Hall–Kier alpha value is -1.29. The highest BCUT2D eigenvalue weighted by Gasteiger charge is 2.04. The standard InChI is InChI=1S/C14H10IN/c15-9-8-10-4-3-6-12-11-5-1-2-7-13(11)16-14(10)12/h1-9,16H. The van der Waals surface area contributed by atoms with Crippen LogP contribution in [0.25, 0.3) is 27.9 Å². The van der Waals surface area contributed by atoms with Crippen LogP contribution in [0.15, 0.2) is 46.5 Å². The van der Waals surface area contributed by atoms with Gasteiger partial charge in [0.2, 0.25) is 0 Å². The van der Waals surface area contributed by atoms with Crippen molar-refractivity contribution in [3.63, 3.8) is 0 Å². The van der Waals surface area contributed by atoms with Crippen LogP contribution in [-0.4, -0.2) is 4.98 Å². The highest BCUT2D eigenvalue weighted by molar-refractivity contribution is 14.1. The minimum atomic E-state index is 1.20. The molecular formula is C14H10IN. The molecule has 3 rings (SSSR count). The van der Waals surface area contributed by atoms with Crippen LogP contribution in [-0.2, 0) is 0 Å². The maximum absolute atomic E-state index is 3.48. The first kappa shape index (κ1) is 9.90. The van der Waals surface area contributed by atoms with Crippen LogP contribution in [0.1, 0.15) is 5.56 Å². The molecule has 0 aliphatic carbocycles. The molecule has 0 radical (unpaired) electrons. The van der Waals surface area contributed by atoms with E-state index in [4.69, 9.17) is 0 Å². The molecule has 0 unspecified atom stereocenters. The van der Waals surface area contributed by atoms with Crippen molar-refractivity contribution in [2.24, 2.45) is 0 Å². The van der Waals surface area contributed by atoms with Crippen molar-refractivity contribution in [1.29, 1.82) is 0 Å². The Morgan fingerprint density at radius 2 is 1.75 bits per heavy atom. The smallest absolute Gasteiger partial charge is 0.0538 e. The number of hydrogen-bond donors (Lipinski definition) is 1. The molecule has 0 fully saturated rings. The molecular weight excluding hydrogens is 309 g/mol. The third-order valence-corrected chi connectivity index (χ3v) is 3.18. The van der Waals surface area contributed by atoms with Crippen molar-refractivity contribution >= 4 is 50.5 Å². The number of para-hydroxylation sites is 2. The summed E-state index contributed by atoms with van der Waals surface area (Å²) >= 11 is 2.25. The average Bonchev–Trinajstić information content (AvgIpc) is 2.69. The Morgan fingerprint density at radius 1 is 0.938 bits per heavy atom. The first-order chi connectivity index (χ1) is 7.90. The Labute approximate surface area is 107 Å². The van der Waals surface area contributed by atoms with E-state index in [2.05, 4.69) is 76.1 Å². The summed E-state index contributed by atoms with van der Waals surface area (Å²) in [6.45, 7) is 0. The summed E-state index contributed by atoms with van der Waals surface area (Å²) in [5, 5.41) is 2.59. The molecule has 78 valence electrons. The summed E-state index contributed by atoms with van der Waals surface area (Å²) in [5.74, 6) is 0. The second-order valence-electron chi connectivity index (χ2n) is 3.73. The molecule has 16 heavy (non-hydrogen) atoms. The van der Waals surface area contributed by atoms with Gasteiger partial charge in [-0.25, -0.2) is 0 Å². The molecule has 0 amide bonds. The Morgan fingerprint density at radius 3 is 2.62 bits per heavy atom. The number of nitrogens with one attached hydrogen (secondary N) is 1. The lowest BCUT2D eigenvalue weighted by molar-refractivity contribution is 1.53. The summed E-state index contributed by atoms with van der Waals surface area (Å²) in [6.07, 6.45) is 2.12. The lowest BCUT2D eigenvalue weighted by atomic mass is 10.1. The molecule has 3 aromatic rings. The van der Waals surface area contributed by atoms with Gasteiger partial charge in [-0.1, -0.05) is 59.0 Å². The molecule has 0 bridgehead atoms. The summed E-state index contributed by atoms with van der Waals surface area (Å²) in [7, 11) is 0. The number of hydrogen-bond acceptors (Lipinski definition) is 0. The van der Waals surface area contributed by atoms with Crippen molar-refractivity contribution in [1.82, 2.24) is 4.98 Å². The van der Waals surface area contributed by atoms with Gasteiger partial charge in [0.15, 0.2) is 0 Å². The zero-order valence-electron chi connectivity index (χ0n) is 8.57. The highest BCUT2D eigenvalue weighted by Crippen LogP contribution is 2.28. The van der Waals surface area contributed by atoms with Gasteiger partial charge < -0.3 is 4.98 Å². The lowest BCUT2D eigenvalue weighted by Gasteiger charge is -1.95. The largest absolute Gasteiger partial charge is 0.354 e. The van der Waals surface area contributed by atoms with Crippen molar-refractivity contribution in [3.8, 4) is 0 Å². The summed E-state index contributed by atoms with van der Waals surface area (Å²) in [4.78, 5) is 3.48. The number of rotatable bonds is 1. The van der Waals surface area contributed by atoms with Gasteiger partial charge in [-0.3, -0.25) is 0 Å². The SMILES string of the molecule is IC=Cc1cccc2c1[nH]c1ccccc12. The van der Waals surface area contributed by atoms with Gasteiger partial charge in [-0.2, -0.15) is 0 Å². The first-order valence-electron chi connectivity index (χ1n) is 5.16. The average molecular weight is 319 g/mol. The van der Waals surface area contributed by atoms with Gasteiger partial charge in [-0.15, -0.1) is 0 Å². The fourth-order valence-corrected chi connectivity index (χ4v) is 2.49. The second-order valence-corrected chi connectivity index (χ2v) is 4.45. The molecule has 0 aliphatic heterocycles. The molecule has 1 N–H and O–H groups in total. The van der Waals surface area contributed by atoms with E-state index in [-0.39, 0.29) is 0 Å². The zero-order valence-corrected chi connectivity index (χ0v) is 10.7. The van der Waals surface area contributed by atoms with E-state index in [9.17, 15) is 0 Å². The van der Waals surface area contributed by atoms with Crippen LogP contribution in [0.4, 0.5) is 0 Å². The molecule has 1 heterocycles. The van der Waals surface area contributed by atoms with Crippen LogP contribution < -0.4 is 0 Å². The van der Waals surface area contributed by atoms with Crippen LogP contribution in [0.2, 0.25) is 0 Å². The molecule has 0 saturated carbocycles. The number of aromatic amines is 1. The van der Waals surface area contributed by atoms with Crippen LogP contribution in [0.5, 0.6) is 0 Å². The van der Waals surface area contributed by atoms with E-state index >= 15 is 0 Å². The minimum Gasteiger partial charge on any atom is -0.354 e. The Kier molecular flexibility index (Phi) is 2.44. The third kappa shape index (κ3) is 1.45. The molecule has 0 aliphatic rings. The summed E-state index contributed by atoms with van der Waals surface area (Å²) in [5.41, 5.74) is 3.66. The normalized spacial score (nSPS) is 11.8. The van der Waals surface area contributed by atoms with Gasteiger partial charge >= 0.3 is 0 Å². The predicted octanol–water partition coefficient (Wildman–Crippen LogP) is 4.73. The number of H-pyrrole nitrogens is 1. The van der Waals surface area contributed by atoms with E-state index in [0.717, 1.165) is 0 Å². The molecule has 0 atom stereocenters. The van der Waals surface area contributed by atoms with Crippen LogP contribution in [0.3, 0.4) is 0 Å². The van der Waals surface area contributed by atoms with Gasteiger partial charge in [0.25, 0.3) is 0 Å². The van der Waals surface area contributed by atoms with Crippen LogP contribution >= 0.6 is 22.6 Å². The second kappa shape index (κ2) is 3.94. The van der Waals surface area contributed by atoms with Gasteiger partial charge in [-0.05, 0) is 21.8 Å². The van der Waals surface area contributed by atoms with Gasteiger partial charge in [0.05, 0.1) is 5.52 Å². The maximum atomic E-state index is 3.48. The van der Waals surface area contributed by atoms with E-state index in [1.807, 2.05) is 4.08 Å². The Bertz CT molecular complexity index is 679. The number of aromatic nitrogens is 1. The fraction of sp³-hybridized carbons (Fsp3) is 0. The third-order valence-electron chi connectivity index (χ3n) is 2.82. The molecule has 0 spiro atoms. The van der Waals surface area contributed by atoms with E-state index in [1.165, 1.54) is 27.4 Å². The van der Waals surface area contributed by atoms with E-state index in [1.54, 1.807) is 0 Å². The van der Waals surface area contributed by atoms with Crippen molar-refractivity contribution in [3.05, 3.63) is 52.1 Å². The monoisotopic (exact) mass is 319 g/mol. The van der Waals surface area contributed by atoms with Gasteiger partial charge in [0, 0.05) is 16.3 Å². The molecule has 0 saturated heterocycles. The number of fused-ring (bicyclic) bond motifs is 3. The Balaban J connectivity index is 2.48. The lowest BCUT2D eigenvalue weighted by Crippen LogP contribution is -1.74. The maximum Gasteiger partial charge on any atom is 0.0538 e. The zero-order chi connectivity index (χ0) is 11.0. The number of benzene rings is 2. The first-order valence-corrected chi connectivity index (χ1v) is 6.41. The number of halogens is 1.